The van der Waals surface area contributed by atoms with Crippen LogP contribution in [-0.4, -0.2) is 79.4 Å². The van der Waals surface area contributed by atoms with Crippen molar-refractivity contribution in [1.29, 1.82) is 0 Å². The summed E-state index contributed by atoms with van der Waals surface area (Å²) in [6.45, 7) is 11.4. The smallest absolute Gasteiger partial charge is 0.242 e. The summed E-state index contributed by atoms with van der Waals surface area (Å²) in [4.78, 5) is 23.6. The van der Waals surface area contributed by atoms with Crippen LogP contribution in [0.5, 0.6) is 0 Å². The van der Waals surface area contributed by atoms with Crippen LogP contribution in [0.4, 0.5) is 0 Å². The lowest BCUT2D eigenvalue weighted by Crippen LogP contribution is -2.46. The molecule has 0 spiro atoms. The fourth-order valence-corrected chi connectivity index (χ4v) is 3.69. The molecular formula is C21H37N5O2. The summed E-state index contributed by atoms with van der Waals surface area (Å²) in [5.74, 6) is 1.84. The number of rotatable bonds is 9. The number of nitrogens with one attached hydrogen (secondary N) is 1. The summed E-state index contributed by atoms with van der Waals surface area (Å²) < 4.78 is 5.72. The zero-order chi connectivity index (χ0) is 20.4. The van der Waals surface area contributed by atoms with E-state index >= 15 is 0 Å². The van der Waals surface area contributed by atoms with Crippen molar-refractivity contribution in [1.82, 2.24) is 20.0 Å². The minimum Gasteiger partial charge on any atom is -0.468 e. The predicted octanol–water partition coefficient (Wildman–Crippen LogP) is 2.57. The summed E-state index contributed by atoms with van der Waals surface area (Å²) in [7, 11) is 1.92. The average molecular weight is 392 g/mol. The second-order valence-corrected chi connectivity index (χ2v) is 7.24. The maximum absolute atomic E-state index is 12.5. The van der Waals surface area contributed by atoms with E-state index in [4.69, 9.17) is 9.41 Å². The third kappa shape index (κ3) is 6.26. The molecule has 1 fully saturated rings. The number of carbonyl (C=O) groups is 1. The normalized spacial score (nSPS) is 16.6. The molecule has 1 aliphatic heterocycles. The Morgan fingerprint density at radius 1 is 1.25 bits per heavy atom. The Bertz CT molecular complexity index is 592. The van der Waals surface area contributed by atoms with Gasteiger partial charge in [-0.05, 0) is 58.8 Å². The molecule has 1 aliphatic rings. The van der Waals surface area contributed by atoms with Crippen LogP contribution in [-0.2, 0) is 4.79 Å². The van der Waals surface area contributed by atoms with E-state index in [2.05, 4.69) is 10.2 Å². The van der Waals surface area contributed by atoms with Crippen molar-refractivity contribution >= 4 is 11.9 Å². The van der Waals surface area contributed by atoms with Crippen molar-refractivity contribution in [3.63, 3.8) is 0 Å². The predicted molar refractivity (Wildman–Crippen MR) is 113 cm³/mol. The van der Waals surface area contributed by atoms with E-state index in [1.807, 2.05) is 49.8 Å². The Labute approximate surface area is 169 Å². The van der Waals surface area contributed by atoms with Gasteiger partial charge in [0.05, 0.1) is 25.4 Å². The van der Waals surface area contributed by atoms with Gasteiger partial charge in [-0.2, -0.15) is 0 Å². The minimum atomic E-state index is 0.122. The molecule has 0 bridgehead atoms. The van der Waals surface area contributed by atoms with E-state index in [0.29, 0.717) is 13.1 Å². The first-order valence-corrected chi connectivity index (χ1v) is 10.6. The van der Waals surface area contributed by atoms with E-state index in [-0.39, 0.29) is 11.9 Å². The highest BCUT2D eigenvalue weighted by Gasteiger charge is 2.25. The van der Waals surface area contributed by atoms with Gasteiger partial charge in [0, 0.05) is 26.7 Å². The average Bonchev–Trinajstić information content (AvgIpc) is 3.23. The van der Waals surface area contributed by atoms with Crippen molar-refractivity contribution in [2.24, 2.45) is 4.99 Å². The molecule has 1 aromatic heterocycles. The Balaban J connectivity index is 2.10. The number of carbonyl (C=O) groups excluding carboxylic acids is 1. The van der Waals surface area contributed by atoms with Crippen LogP contribution in [0, 0.1) is 0 Å². The van der Waals surface area contributed by atoms with Crippen LogP contribution < -0.4 is 5.32 Å². The van der Waals surface area contributed by atoms with Crippen LogP contribution in [0.25, 0.3) is 0 Å². The number of piperidine rings is 1. The van der Waals surface area contributed by atoms with Gasteiger partial charge in [-0.15, -0.1) is 0 Å². The van der Waals surface area contributed by atoms with Crippen LogP contribution in [0.15, 0.2) is 27.8 Å². The van der Waals surface area contributed by atoms with Gasteiger partial charge < -0.3 is 19.5 Å². The molecule has 0 aliphatic carbocycles. The second kappa shape index (κ2) is 11.7. The molecule has 7 heteroatoms. The first-order chi connectivity index (χ1) is 13.6. The van der Waals surface area contributed by atoms with Crippen molar-refractivity contribution in [3.8, 4) is 0 Å². The maximum Gasteiger partial charge on any atom is 0.242 e. The fraction of sp³-hybridized carbons (Fsp3) is 0.714. The number of nitrogens with zero attached hydrogens (tertiary/aromatic N) is 4. The molecule has 158 valence electrons. The fourth-order valence-electron chi connectivity index (χ4n) is 3.69. The van der Waals surface area contributed by atoms with Crippen molar-refractivity contribution in [2.75, 3.05) is 52.9 Å². The largest absolute Gasteiger partial charge is 0.468 e. The third-order valence-corrected chi connectivity index (χ3v) is 5.30. The SMILES string of the molecule is CCNC(=NCC(c1ccco1)N1CCCCC1)N(C)CC(=O)N(CC)CC. The number of guanidine groups is 1. The molecule has 0 radical (unpaired) electrons. The molecule has 1 amide bonds. The summed E-state index contributed by atoms with van der Waals surface area (Å²) in [5.41, 5.74) is 0. The lowest BCUT2D eigenvalue weighted by molar-refractivity contribution is -0.131. The molecular weight excluding hydrogens is 354 g/mol. The number of hydrogen-bond acceptors (Lipinski definition) is 4. The van der Waals surface area contributed by atoms with Crippen molar-refractivity contribution < 1.29 is 9.21 Å². The van der Waals surface area contributed by atoms with E-state index in [0.717, 1.165) is 44.4 Å². The molecule has 2 heterocycles. The monoisotopic (exact) mass is 391 g/mol. The highest BCUT2D eigenvalue weighted by molar-refractivity contribution is 5.86. The van der Waals surface area contributed by atoms with E-state index in [1.165, 1.54) is 19.3 Å². The Hall–Kier alpha value is -2.02. The Morgan fingerprint density at radius 3 is 2.54 bits per heavy atom. The number of likely N-dealkylation sites (N-methyl/N-ethyl adjacent to an activating group) is 2. The topological polar surface area (TPSA) is 64.3 Å². The molecule has 28 heavy (non-hydrogen) atoms. The summed E-state index contributed by atoms with van der Waals surface area (Å²) in [6.07, 6.45) is 5.47. The lowest BCUT2D eigenvalue weighted by Gasteiger charge is -2.33. The number of hydrogen-bond donors (Lipinski definition) is 1. The molecule has 1 aromatic rings. The molecule has 1 atom stereocenters. The van der Waals surface area contributed by atoms with Gasteiger partial charge in [0.15, 0.2) is 5.96 Å². The van der Waals surface area contributed by atoms with Crippen LogP contribution in [0.1, 0.15) is 51.8 Å². The standard InChI is InChI=1S/C21H37N5O2/c1-5-22-21(24(4)17-20(27)25(6-2)7-3)23-16-18(19-12-11-15-28-19)26-13-9-8-10-14-26/h11-12,15,18H,5-10,13-14,16-17H2,1-4H3,(H,22,23). The lowest BCUT2D eigenvalue weighted by atomic mass is 10.1. The molecule has 1 unspecified atom stereocenters. The number of amides is 1. The minimum absolute atomic E-state index is 0.122. The Morgan fingerprint density at radius 2 is 1.96 bits per heavy atom. The number of aliphatic imine (C=N–C) groups is 1. The molecule has 7 nitrogen and oxygen atoms in total. The first-order valence-electron chi connectivity index (χ1n) is 10.6. The van der Waals surface area contributed by atoms with Gasteiger partial charge in [-0.3, -0.25) is 14.7 Å². The molecule has 0 saturated carbocycles. The van der Waals surface area contributed by atoms with E-state index in [9.17, 15) is 4.79 Å². The van der Waals surface area contributed by atoms with Gasteiger partial charge >= 0.3 is 0 Å². The summed E-state index contributed by atoms with van der Waals surface area (Å²) in [5, 5.41) is 3.32. The highest BCUT2D eigenvalue weighted by atomic mass is 16.3. The second-order valence-electron chi connectivity index (χ2n) is 7.24. The van der Waals surface area contributed by atoms with Gasteiger partial charge in [-0.1, -0.05) is 6.42 Å². The third-order valence-electron chi connectivity index (χ3n) is 5.30. The maximum atomic E-state index is 12.5. The molecule has 1 saturated heterocycles. The summed E-state index contributed by atoms with van der Waals surface area (Å²) in [6, 6.07) is 4.11. The number of furan rings is 1. The Kier molecular flexibility index (Phi) is 9.34. The van der Waals surface area contributed by atoms with Crippen LogP contribution in [0.2, 0.25) is 0 Å². The van der Waals surface area contributed by atoms with Crippen molar-refractivity contribution in [2.45, 2.75) is 46.1 Å². The number of likely N-dealkylation sites (tertiary alicyclic amines) is 1. The zero-order valence-corrected chi connectivity index (χ0v) is 18.0. The van der Waals surface area contributed by atoms with Crippen LogP contribution >= 0.6 is 0 Å². The van der Waals surface area contributed by atoms with E-state index < -0.39 is 0 Å². The van der Waals surface area contributed by atoms with Crippen molar-refractivity contribution in [3.05, 3.63) is 24.2 Å². The molecule has 2 rings (SSSR count). The highest BCUT2D eigenvalue weighted by Crippen LogP contribution is 2.25. The first kappa shape index (κ1) is 22.3. The van der Waals surface area contributed by atoms with Gasteiger partial charge in [0.1, 0.15) is 5.76 Å². The van der Waals surface area contributed by atoms with Gasteiger partial charge in [0.25, 0.3) is 0 Å². The molecule has 0 aromatic carbocycles. The summed E-state index contributed by atoms with van der Waals surface area (Å²) >= 11 is 0. The quantitative estimate of drug-likeness (QED) is 0.518. The van der Waals surface area contributed by atoms with Crippen LogP contribution in [0.3, 0.4) is 0 Å². The van der Waals surface area contributed by atoms with Gasteiger partial charge in [0.2, 0.25) is 5.91 Å². The molecule has 1 N–H and O–H groups in total. The zero-order valence-electron chi connectivity index (χ0n) is 18.0. The van der Waals surface area contributed by atoms with Gasteiger partial charge in [-0.25, -0.2) is 0 Å². The van der Waals surface area contributed by atoms with E-state index in [1.54, 1.807) is 6.26 Å².